The molecule has 2 saturated carbocycles. The standard InChI is InChI=1S/C24H20ClF4N5O4S/c25-13-8-16(26)18(32-10-13)23(5-6-23)21(36)34-11-14(9-17(34)19(35)33-22(12-30)3-4-22)39(37,38)20-15(24(27,28)29)2-1-7-31-20/h1-2,7-8,10,14,17H,3-6,9,11H2,(H,33,35)/t14-,17+/m1/s1. The zero-order chi connectivity index (χ0) is 28.4. The third-order valence-corrected chi connectivity index (χ3v) is 9.65. The topological polar surface area (TPSA) is 133 Å². The van der Waals surface area contributed by atoms with Crippen LogP contribution in [0.5, 0.6) is 0 Å². The van der Waals surface area contributed by atoms with Gasteiger partial charge in [-0.3, -0.25) is 14.6 Å². The number of alkyl halides is 3. The number of nitrogens with one attached hydrogen (secondary N) is 1. The molecule has 3 aliphatic rings. The summed E-state index contributed by atoms with van der Waals surface area (Å²) in [6.45, 7) is -0.635. The van der Waals surface area contributed by atoms with Gasteiger partial charge < -0.3 is 10.2 Å². The molecule has 0 unspecified atom stereocenters. The lowest BCUT2D eigenvalue weighted by Gasteiger charge is -2.28. The van der Waals surface area contributed by atoms with Crippen LogP contribution in [0.1, 0.15) is 43.4 Å². The van der Waals surface area contributed by atoms with Crippen molar-refractivity contribution in [1.82, 2.24) is 20.2 Å². The van der Waals surface area contributed by atoms with E-state index in [1.807, 2.05) is 6.07 Å². The molecule has 206 valence electrons. The second-order valence-electron chi connectivity index (χ2n) is 9.98. The van der Waals surface area contributed by atoms with E-state index in [1.165, 1.54) is 0 Å². The molecule has 1 aliphatic heterocycles. The van der Waals surface area contributed by atoms with Crippen molar-refractivity contribution >= 4 is 33.3 Å². The summed E-state index contributed by atoms with van der Waals surface area (Å²) in [6.07, 6.45) is -2.50. The van der Waals surface area contributed by atoms with Gasteiger partial charge in [0, 0.05) is 18.9 Å². The Hall–Kier alpha value is -3.31. The molecule has 1 N–H and O–H groups in total. The van der Waals surface area contributed by atoms with Crippen LogP contribution in [0, 0.1) is 17.1 Å². The molecule has 0 radical (unpaired) electrons. The number of hydrogen-bond donors (Lipinski definition) is 1. The summed E-state index contributed by atoms with van der Waals surface area (Å²) >= 11 is 5.78. The summed E-state index contributed by atoms with van der Waals surface area (Å²) in [5.41, 5.74) is -4.33. The minimum Gasteiger partial charge on any atom is -0.336 e. The maximum absolute atomic E-state index is 14.8. The fraction of sp³-hybridized carbons (Fsp3) is 0.458. The molecular weight excluding hydrogens is 566 g/mol. The van der Waals surface area contributed by atoms with Crippen molar-refractivity contribution in [1.29, 1.82) is 5.26 Å². The number of hydrogen-bond acceptors (Lipinski definition) is 7. The Balaban J connectivity index is 1.52. The Morgan fingerprint density at radius 1 is 1.21 bits per heavy atom. The smallest absolute Gasteiger partial charge is 0.336 e. The number of rotatable bonds is 6. The van der Waals surface area contributed by atoms with E-state index in [9.17, 15) is 40.8 Å². The Morgan fingerprint density at radius 2 is 1.90 bits per heavy atom. The second kappa shape index (κ2) is 9.12. The first-order chi connectivity index (χ1) is 18.2. The van der Waals surface area contributed by atoms with E-state index in [1.54, 1.807) is 0 Å². The molecule has 39 heavy (non-hydrogen) atoms. The highest BCUT2D eigenvalue weighted by Crippen LogP contribution is 2.51. The van der Waals surface area contributed by atoms with Gasteiger partial charge in [-0.15, -0.1) is 0 Å². The molecule has 2 aromatic heterocycles. The summed E-state index contributed by atoms with van der Waals surface area (Å²) in [5.74, 6) is -2.46. The van der Waals surface area contributed by atoms with Crippen molar-refractivity contribution in [3.63, 3.8) is 0 Å². The Labute approximate surface area is 225 Å². The van der Waals surface area contributed by atoms with E-state index in [0.717, 1.165) is 29.4 Å². The largest absolute Gasteiger partial charge is 0.419 e. The normalized spacial score (nSPS) is 23.1. The van der Waals surface area contributed by atoms with Gasteiger partial charge in [0.25, 0.3) is 0 Å². The predicted octanol–water partition coefficient (Wildman–Crippen LogP) is 2.94. The van der Waals surface area contributed by atoms with E-state index in [4.69, 9.17) is 11.6 Å². The van der Waals surface area contributed by atoms with Gasteiger partial charge in [0.1, 0.15) is 17.4 Å². The number of sulfone groups is 1. The number of carbonyl (C=O) groups is 2. The first-order valence-corrected chi connectivity index (χ1v) is 13.8. The Morgan fingerprint density at radius 3 is 2.46 bits per heavy atom. The van der Waals surface area contributed by atoms with Gasteiger partial charge in [-0.2, -0.15) is 18.4 Å². The lowest BCUT2D eigenvalue weighted by atomic mass is 9.98. The zero-order valence-corrected chi connectivity index (χ0v) is 21.6. The van der Waals surface area contributed by atoms with Gasteiger partial charge in [-0.1, -0.05) is 11.6 Å². The van der Waals surface area contributed by atoms with Crippen molar-refractivity contribution in [2.75, 3.05) is 6.54 Å². The average Bonchev–Trinajstić information content (AvgIpc) is 3.79. The molecule has 5 rings (SSSR count). The molecule has 9 nitrogen and oxygen atoms in total. The van der Waals surface area contributed by atoms with Gasteiger partial charge in [-0.05, 0) is 50.3 Å². The number of aromatic nitrogens is 2. The van der Waals surface area contributed by atoms with Crippen molar-refractivity contribution in [3.8, 4) is 6.07 Å². The van der Waals surface area contributed by atoms with Crippen molar-refractivity contribution < 1.29 is 35.6 Å². The lowest BCUT2D eigenvalue weighted by Crippen LogP contribution is -2.52. The third kappa shape index (κ3) is 4.71. The quantitative estimate of drug-likeness (QED) is 0.515. The molecule has 0 aromatic carbocycles. The van der Waals surface area contributed by atoms with Gasteiger partial charge in [0.05, 0.1) is 33.0 Å². The molecule has 2 aromatic rings. The van der Waals surface area contributed by atoms with Crippen LogP contribution in [0.3, 0.4) is 0 Å². The number of nitrogens with zero attached hydrogens (tertiary/aromatic N) is 4. The fourth-order valence-corrected chi connectivity index (χ4v) is 6.86. The minimum atomic E-state index is -5.03. The van der Waals surface area contributed by atoms with E-state index >= 15 is 0 Å². The van der Waals surface area contributed by atoms with Gasteiger partial charge in [0.2, 0.25) is 21.7 Å². The van der Waals surface area contributed by atoms with Crippen LogP contribution >= 0.6 is 11.6 Å². The molecule has 0 spiro atoms. The van der Waals surface area contributed by atoms with Gasteiger partial charge in [0.15, 0.2) is 5.03 Å². The molecule has 0 bridgehead atoms. The maximum Gasteiger partial charge on any atom is 0.419 e. The van der Waals surface area contributed by atoms with E-state index in [2.05, 4.69) is 15.3 Å². The molecule has 2 aliphatic carbocycles. The van der Waals surface area contributed by atoms with Crippen LogP contribution in [0.15, 0.2) is 35.6 Å². The highest BCUT2D eigenvalue weighted by molar-refractivity contribution is 7.92. The Bertz CT molecular complexity index is 1520. The molecule has 2 atom stereocenters. The number of halogens is 5. The number of likely N-dealkylation sites (tertiary alicyclic amines) is 1. The maximum atomic E-state index is 14.8. The van der Waals surface area contributed by atoms with E-state index in [-0.39, 0.29) is 23.6 Å². The molecule has 2 amide bonds. The number of pyridine rings is 2. The molecule has 15 heteroatoms. The highest BCUT2D eigenvalue weighted by Gasteiger charge is 2.60. The van der Waals surface area contributed by atoms with E-state index < -0.39 is 79.4 Å². The summed E-state index contributed by atoms with van der Waals surface area (Å²) in [7, 11) is -4.80. The predicted molar refractivity (Wildman–Crippen MR) is 126 cm³/mol. The summed E-state index contributed by atoms with van der Waals surface area (Å²) in [5, 5.41) is 9.08. The van der Waals surface area contributed by atoms with Crippen molar-refractivity contribution in [2.24, 2.45) is 0 Å². The van der Waals surface area contributed by atoms with Crippen molar-refractivity contribution in [2.45, 2.75) is 65.6 Å². The number of amides is 2. The van der Waals surface area contributed by atoms with Gasteiger partial charge in [-0.25, -0.2) is 17.8 Å². The summed E-state index contributed by atoms with van der Waals surface area (Å²) in [4.78, 5) is 35.5. The number of carbonyl (C=O) groups excluding carboxylic acids is 2. The monoisotopic (exact) mass is 585 g/mol. The summed E-state index contributed by atoms with van der Waals surface area (Å²) in [6, 6.07) is 3.03. The minimum absolute atomic E-state index is 0.00820. The first-order valence-electron chi connectivity index (χ1n) is 11.9. The van der Waals surface area contributed by atoms with Crippen molar-refractivity contribution in [3.05, 3.63) is 52.7 Å². The number of nitriles is 1. The SMILES string of the molecule is N#CC1(NC(=O)[C@@H]2C[C@@H](S(=O)(=O)c3ncccc3C(F)(F)F)CN2C(=O)C2(c3ncc(Cl)cc3F)CC2)CC1. The van der Waals surface area contributed by atoms with Crippen LogP contribution in [0.2, 0.25) is 5.02 Å². The van der Waals surface area contributed by atoms with Crippen LogP contribution in [0.4, 0.5) is 17.6 Å². The van der Waals surface area contributed by atoms with E-state index in [0.29, 0.717) is 18.9 Å². The first kappa shape index (κ1) is 27.3. The third-order valence-electron chi connectivity index (χ3n) is 7.36. The molecular formula is C24H20ClF4N5O4S. The molecule has 3 heterocycles. The lowest BCUT2D eigenvalue weighted by molar-refractivity contribution is -0.140. The van der Waals surface area contributed by atoms with Crippen LogP contribution in [-0.4, -0.2) is 58.5 Å². The van der Waals surface area contributed by atoms with Crippen LogP contribution in [0.25, 0.3) is 0 Å². The molecule has 1 saturated heterocycles. The highest BCUT2D eigenvalue weighted by atomic mass is 35.5. The summed E-state index contributed by atoms with van der Waals surface area (Å²) < 4.78 is 82.5. The molecule has 3 fully saturated rings. The second-order valence-corrected chi connectivity index (χ2v) is 12.6. The van der Waals surface area contributed by atoms with Crippen LogP contribution in [-0.2, 0) is 31.0 Å². The van der Waals surface area contributed by atoms with Crippen LogP contribution < -0.4 is 5.32 Å². The fourth-order valence-electron chi connectivity index (χ4n) is 4.91. The zero-order valence-electron chi connectivity index (χ0n) is 20.0. The van der Waals surface area contributed by atoms with Gasteiger partial charge >= 0.3 is 6.18 Å². The Kier molecular flexibility index (Phi) is 6.38. The average molecular weight is 586 g/mol.